The lowest BCUT2D eigenvalue weighted by Gasteiger charge is -2.31. The number of nitriles is 1. The molecule has 4 rings (SSSR count). The summed E-state index contributed by atoms with van der Waals surface area (Å²) < 4.78 is 66.1. The zero-order valence-corrected chi connectivity index (χ0v) is 19.9. The number of esters is 1. The third kappa shape index (κ3) is 4.18. The Kier molecular flexibility index (Phi) is 6.49. The maximum absolute atomic E-state index is 14.9. The molecule has 2 heterocycles. The Balaban J connectivity index is 1.79. The van der Waals surface area contributed by atoms with Gasteiger partial charge in [0, 0.05) is 18.7 Å². The number of benzene rings is 2. The minimum atomic E-state index is -4.84. The molecule has 2 aromatic rings. The van der Waals surface area contributed by atoms with Gasteiger partial charge in [-0.2, -0.15) is 18.4 Å². The van der Waals surface area contributed by atoms with Gasteiger partial charge < -0.3 is 14.4 Å². The molecule has 2 saturated heterocycles. The van der Waals surface area contributed by atoms with Gasteiger partial charge in [-0.1, -0.05) is 0 Å². The van der Waals surface area contributed by atoms with Crippen molar-refractivity contribution < 1.29 is 36.6 Å². The van der Waals surface area contributed by atoms with Gasteiger partial charge in [-0.3, -0.25) is 9.69 Å². The summed E-state index contributed by atoms with van der Waals surface area (Å²) in [5, 5.41) is 8.89. The Morgan fingerprint density at radius 1 is 1.22 bits per heavy atom. The predicted molar refractivity (Wildman–Crippen MR) is 124 cm³/mol. The molecule has 2 aromatic carbocycles. The molecule has 1 amide bonds. The number of rotatable bonds is 4. The highest BCUT2D eigenvalue weighted by Gasteiger charge is 2.58. The molecule has 0 aromatic heterocycles. The first-order valence-electron chi connectivity index (χ1n) is 10.8. The number of hydrogen-bond donors (Lipinski definition) is 0. The van der Waals surface area contributed by atoms with E-state index >= 15 is 0 Å². The summed E-state index contributed by atoms with van der Waals surface area (Å²) in [6.45, 7) is 3.26. The molecule has 0 bridgehead atoms. The molecule has 0 radical (unpaired) electrons. The lowest BCUT2D eigenvalue weighted by atomic mass is 9.95. The van der Waals surface area contributed by atoms with Crippen molar-refractivity contribution in [3.8, 4) is 6.07 Å². The number of nitrogens with zero attached hydrogens (tertiary/aromatic N) is 3. The standard InChI is InChI=1S/C24H19F4N3O4S/c1-13(2)35-20(32)17-6-5-16(10-19(17)25)31-22(36)30(21(33)23(31)7-8-34-12-23)15-4-3-14(11-29)18(9-15)24(26,27)28/h3-6,9-10,13H,7-8,12H2,1-2H3. The van der Waals surface area contributed by atoms with Crippen LogP contribution in [0.1, 0.15) is 41.8 Å². The van der Waals surface area contributed by atoms with E-state index in [4.69, 9.17) is 27.0 Å². The third-order valence-electron chi connectivity index (χ3n) is 5.87. The number of carbonyl (C=O) groups is 2. The lowest BCUT2D eigenvalue weighted by molar-refractivity contribution is -0.137. The molecule has 12 heteroatoms. The van der Waals surface area contributed by atoms with Crippen LogP contribution in [-0.2, 0) is 20.4 Å². The second-order valence-electron chi connectivity index (χ2n) is 8.55. The maximum atomic E-state index is 14.9. The van der Waals surface area contributed by atoms with Crippen LogP contribution in [0.4, 0.5) is 28.9 Å². The normalized spacial score (nSPS) is 19.9. The highest BCUT2D eigenvalue weighted by Crippen LogP contribution is 2.43. The molecule has 1 atom stereocenters. The molecule has 2 aliphatic rings. The summed E-state index contributed by atoms with van der Waals surface area (Å²) >= 11 is 5.51. The topological polar surface area (TPSA) is 82.9 Å². The van der Waals surface area contributed by atoms with E-state index in [1.54, 1.807) is 13.8 Å². The number of carbonyl (C=O) groups excluding carboxylic acids is 2. The Morgan fingerprint density at radius 2 is 1.92 bits per heavy atom. The number of anilines is 2. The van der Waals surface area contributed by atoms with Gasteiger partial charge >= 0.3 is 12.1 Å². The highest BCUT2D eigenvalue weighted by atomic mass is 32.1. The van der Waals surface area contributed by atoms with Crippen molar-refractivity contribution >= 4 is 40.6 Å². The van der Waals surface area contributed by atoms with E-state index in [9.17, 15) is 27.2 Å². The summed E-state index contributed by atoms with van der Waals surface area (Å²) in [4.78, 5) is 28.1. The van der Waals surface area contributed by atoms with E-state index in [1.807, 2.05) is 0 Å². The van der Waals surface area contributed by atoms with Gasteiger partial charge in [-0.15, -0.1) is 0 Å². The van der Waals surface area contributed by atoms with Gasteiger partial charge in [0.15, 0.2) is 10.7 Å². The van der Waals surface area contributed by atoms with E-state index in [2.05, 4.69) is 0 Å². The van der Waals surface area contributed by atoms with Crippen molar-refractivity contribution in [2.24, 2.45) is 0 Å². The first-order chi connectivity index (χ1) is 16.9. The van der Waals surface area contributed by atoms with Crippen LogP contribution in [0.25, 0.3) is 0 Å². The van der Waals surface area contributed by atoms with Crippen molar-refractivity contribution in [1.29, 1.82) is 5.26 Å². The average Bonchev–Trinajstić information content (AvgIpc) is 3.36. The SMILES string of the molecule is CC(C)OC(=O)c1ccc(N2C(=S)N(c3ccc(C#N)c(C(F)(F)F)c3)C(=O)C23CCOC3)cc1F. The number of alkyl halides is 3. The molecular weight excluding hydrogens is 502 g/mol. The van der Waals surface area contributed by atoms with Crippen LogP contribution in [0.2, 0.25) is 0 Å². The summed E-state index contributed by atoms with van der Waals surface area (Å²) in [5.74, 6) is -2.43. The zero-order chi connectivity index (χ0) is 26.4. The van der Waals surface area contributed by atoms with E-state index in [0.29, 0.717) is 6.07 Å². The molecular formula is C24H19F4N3O4S. The molecule has 2 fully saturated rings. The number of halogens is 4. The second-order valence-corrected chi connectivity index (χ2v) is 8.92. The number of thiocarbonyl (C=S) groups is 1. The van der Waals surface area contributed by atoms with Gasteiger partial charge in [-0.25, -0.2) is 9.18 Å². The number of hydrogen-bond acceptors (Lipinski definition) is 6. The lowest BCUT2D eigenvalue weighted by Crippen LogP contribution is -2.50. The third-order valence-corrected chi connectivity index (χ3v) is 6.24. The molecule has 0 aliphatic carbocycles. The number of ether oxygens (including phenoxy) is 2. The van der Waals surface area contributed by atoms with Gasteiger partial charge in [0.25, 0.3) is 5.91 Å². The van der Waals surface area contributed by atoms with Crippen molar-refractivity contribution in [1.82, 2.24) is 0 Å². The molecule has 2 aliphatic heterocycles. The minimum absolute atomic E-state index is 0.115. The summed E-state index contributed by atoms with van der Waals surface area (Å²) in [5.41, 5.74) is -3.64. The van der Waals surface area contributed by atoms with E-state index in [1.165, 1.54) is 29.2 Å². The second kappa shape index (κ2) is 9.15. The largest absolute Gasteiger partial charge is 0.459 e. The molecule has 7 nitrogen and oxygen atoms in total. The predicted octanol–water partition coefficient (Wildman–Crippen LogP) is 4.58. The molecule has 188 valence electrons. The van der Waals surface area contributed by atoms with Crippen molar-refractivity contribution in [3.63, 3.8) is 0 Å². The highest BCUT2D eigenvalue weighted by molar-refractivity contribution is 7.81. The van der Waals surface area contributed by atoms with Gasteiger partial charge in [0.05, 0.1) is 41.2 Å². The van der Waals surface area contributed by atoms with E-state index in [-0.39, 0.29) is 41.7 Å². The van der Waals surface area contributed by atoms with Crippen LogP contribution < -0.4 is 9.80 Å². The fourth-order valence-electron chi connectivity index (χ4n) is 4.25. The van der Waals surface area contributed by atoms with Crippen LogP contribution in [0.3, 0.4) is 0 Å². The first-order valence-corrected chi connectivity index (χ1v) is 11.2. The fourth-order valence-corrected chi connectivity index (χ4v) is 4.72. The molecule has 1 spiro atoms. The van der Waals surface area contributed by atoms with Crippen LogP contribution in [-0.4, -0.2) is 41.8 Å². The van der Waals surface area contributed by atoms with Gasteiger partial charge in [0.2, 0.25) is 0 Å². The average molecular weight is 521 g/mol. The van der Waals surface area contributed by atoms with Crippen LogP contribution in [0.15, 0.2) is 36.4 Å². The van der Waals surface area contributed by atoms with Crippen molar-refractivity contribution in [2.75, 3.05) is 23.0 Å². The van der Waals surface area contributed by atoms with Crippen LogP contribution in [0, 0.1) is 17.1 Å². The van der Waals surface area contributed by atoms with E-state index in [0.717, 1.165) is 17.0 Å². The van der Waals surface area contributed by atoms with Crippen LogP contribution in [0.5, 0.6) is 0 Å². The summed E-state index contributed by atoms with van der Waals surface area (Å²) in [7, 11) is 0. The van der Waals surface area contributed by atoms with Gasteiger partial charge in [-0.05, 0) is 62.5 Å². The maximum Gasteiger partial charge on any atom is 0.417 e. The minimum Gasteiger partial charge on any atom is -0.459 e. The molecule has 1 unspecified atom stereocenters. The van der Waals surface area contributed by atoms with Crippen LogP contribution >= 0.6 is 12.2 Å². The Labute approximate surface area is 208 Å². The Morgan fingerprint density at radius 3 is 2.47 bits per heavy atom. The molecule has 0 saturated carbocycles. The van der Waals surface area contributed by atoms with Crippen molar-refractivity contribution in [3.05, 3.63) is 58.9 Å². The summed E-state index contributed by atoms with van der Waals surface area (Å²) in [6, 6.07) is 7.91. The fraction of sp³-hybridized carbons (Fsp3) is 0.333. The molecule has 0 N–H and O–H groups in total. The number of amides is 1. The Hall–Kier alpha value is -3.56. The Bertz CT molecular complexity index is 1300. The molecule has 36 heavy (non-hydrogen) atoms. The van der Waals surface area contributed by atoms with Crippen molar-refractivity contribution in [2.45, 2.75) is 38.1 Å². The van der Waals surface area contributed by atoms with E-state index < -0.39 is 46.6 Å². The summed E-state index contributed by atoms with van der Waals surface area (Å²) in [6.07, 6.45) is -5.17. The smallest absolute Gasteiger partial charge is 0.417 e. The monoisotopic (exact) mass is 521 g/mol. The quantitative estimate of drug-likeness (QED) is 0.331. The zero-order valence-electron chi connectivity index (χ0n) is 19.1. The first kappa shape index (κ1) is 25.5. The van der Waals surface area contributed by atoms with Gasteiger partial charge in [0.1, 0.15) is 5.82 Å².